The number of hydrogen-bond donors (Lipinski definition) is 1. The largest absolute Gasteiger partial charge is 0.445 e. The van der Waals surface area contributed by atoms with Crippen LogP contribution in [0.4, 0.5) is 4.79 Å². The molecular weight excluding hydrogens is 288 g/mol. The Kier molecular flexibility index (Phi) is 5.50. The average molecular weight is 300 g/mol. The van der Waals surface area contributed by atoms with E-state index in [9.17, 15) is 9.59 Å². The van der Waals surface area contributed by atoms with Gasteiger partial charge in [0.15, 0.2) is 11.3 Å². The molecule has 0 spiro atoms. The van der Waals surface area contributed by atoms with E-state index in [1.165, 1.54) is 11.3 Å². The first-order valence-corrected chi connectivity index (χ1v) is 7.00. The molecule has 1 amide bonds. The van der Waals surface area contributed by atoms with Gasteiger partial charge in [-0.05, 0) is 11.5 Å². The molecule has 2 aromatic rings. The molecule has 2 rings (SSSR count). The minimum atomic E-state index is -0.528. The summed E-state index contributed by atoms with van der Waals surface area (Å²) < 4.78 is 5.02. The second-order valence-corrected chi connectivity index (χ2v) is 4.80. The fourth-order valence-electron chi connectivity index (χ4n) is 1.42. The first kappa shape index (κ1) is 14.8. The Hall–Kier alpha value is -2.65. The molecule has 0 atom stereocenters. The summed E-state index contributed by atoms with van der Waals surface area (Å²) in [7, 11) is 0. The number of hydrogen-bond acceptors (Lipinski definition) is 5. The second-order valence-electron chi connectivity index (χ2n) is 3.91. The predicted octanol–water partition coefficient (Wildman–Crippen LogP) is 2.23. The molecule has 0 saturated carbocycles. The standard InChI is InChI=1S/C15H12N2O3S/c18-9-14-17-13(11-21-14)7-4-8-16-15(19)20-10-12-5-2-1-3-6-12/h1-3,5-6,9,11H,8,10H2,(H,16,19). The second kappa shape index (κ2) is 7.82. The van der Waals surface area contributed by atoms with Crippen LogP contribution in [0.3, 0.4) is 0 Å². The molecule has 0 bridgehead atoms. The van der Waals surface area contributed by atoms with E-state index < -0.39 is 6.09 Å². The van der Waals surface area contributed by atoms with Gasteiger partial charge in [0.05, 0.1) is 6.54 Å². The number of ether oxygens (including phenoxy) is 1. The van der Waals surface area contributed by atoms with Crippen molar-refractivity contribution in [1.82, 2.24) is 10.3 Å². The number of carbonyl (C=O) groups excluding carboxylic acids is 2. The highest BCUT2D eigenvalue weighted by atomic mass is 32.1. The zero-order chi connectivity index (χ0) is 14.9. The smallest absolute Gasteiger partial charge is 0.408 e. The van der Waals surface area contributed by atoms with Crippen molar-refractivity contribution in [1.29, 1.82) is 0 Å². The molecule has 0 fully saturated rings. The van der Waals surface area contributed by atoms with Gasteiger partial charge in [-0.3, -0.25) is 4.79 Å². The van der Waals surface area contributed by atoms with Gasteiger partial charge in [-0.25, -0.2) is 9.78 Å². The fraction of sp³-hybridized carbons (Fsp3) is 0.133. The molecule has 0 saturated heterocycles. The van der Waals surface area contributed by atoms with Crippen molar-refractivity contribution in [3.8, 4) is 11.8 Å². The quantitative estimate of drug-likeness (QED) is 0.694. The Labute approximate surface area is 126 Å². The van der Waals surface area contributed by atoms with Gasteiger partial charge in [0, 0.05) is 5.38 Å². The maximum absolute atomic E-state index is 11.4. The minimum Gasteiger partial charge on any atom is -0.445 e. The van der Waals surface area contributed by atoms with E-state index in [0.29, 0.717) is 17.0 Å². The van der Waals surface area contributed by atoms with Crippen molar-refractivity contribution in [3.63, 3.8) is 0 Å². The lowest BCUT2D eigenvalue weighted by atomic mass is 10.2. The van der Waals surface area contributed by atoms with Gasteiger partial charge in [-0.2, -0.15) is 0 Å². The zero-order valence-electron chi connectivity index (χ0n) is 11.0. The molecule has 1 heterocycles. The lowest BCUT2D eigenvalue weighted by molar-refractivity contribution is 0.112. The highest BCUT2D eigenvalue weighted by molar-refractivity contribution is 7.11. The number of nitrogens with zero attached hydrogens (tertiary/aromatic N) is 1. The summed E-state index contributed by atoms with van der Waals surface area (Å²) in [5.74, 6) is 5.48. The summed E-state index contributed by atoms with van der Waals surface area (Å²) in [6, 6.07) is 9.40. The lowest BCUT2D eigenvalue weighted by Gasteiger charge is -2.04. The minimum absolute atomic E-state index is 0.154. The van der Waals surface area contributed by atoms with Crippen LogP contribution in [0.25, 0.3) is 0 Å². The van der Waals surface area contributed by atoms with Crippen LogP contribution in [0, 0.1) is 11.8 Å². The molecule has 0 aliphatic carbocycles. The number of thiazole rings is 1. The summed E-state index contributed by atoms with van der Waals surface area (Å²) >= 11 is 1.23. The molecule has 0 aliphatic rings. The molecule has 1 N–H and O–H groups in total. The number of alkyl carbamates (subject to hydrolysis) is 1. The van der Waals surface area contributed by atoms with Gasteiger partial charge in [-0.1, -0.05) is 36.3 Å². The SMILES string of the molecule is O=Cc1nc(C#CCNC(=O)OCc2ccccc2)cs1. The molecule has 6 heteroatoms. The van der Waals surface area contributed by atoms with Crippen LogP contribution >= 0.6 is 11.3 Å². The number of aldehydes is 1. The number of rotatable bonds is 4. The number of aromatic nitrogens is 1. The van der Waals surface area contributed by atoms with Crippen molar-refractivity contribution in [3.05, 3.63) is 52.0 Å². The van der Waals surface area contributed by atoms with Gasteiger partial charge < -0.3 is 10.1 Å². The molecule has 21 heavy (non-hydrogen) atoms. The Morgan fingerprint density at radius 1 is 1.38 bits per heavy atom. The summed E-state index contributed by atoms with van der Waals surface area (Å²) in [4.78, 5) is 25.8. The van der Waals surface area contributed by atoms with E-state index in [4.69, 9.17) is 4.74 Å². The van der Waals surface area contributed by atoms with Gasteiger partial charge in [0.1, 0.15) is 12.3 Å². The molecule has 5 nitrogen and oxygen atoms in total. The van der Waals surface area contributed by atoms with Crippen LogP contribution in [0.2, 0.25) is 0 Å². The van der Waals surface area contributed by atoms with E-state index in [-0.39, 0.29) is 13.2 Å². The molecule has 106 valence electrons. The van der Waals surface area contributed by atoms with Crippen molar-refractivity contribution >= 4 is 23.7 Å². The molecule has 0 unspecified atom stereocenters. The molecule has 0 aliphatic heterocycles. The molecular formula is C15H12N2O3S. The van der Waals surface area contributed by atoms with Crippen LogP contribution in [0.5, 0.6) is 0 Å². The molecule has 1 aromatic carbocycles. The number of amides is 1. The van der Waals surface area contributed by atoms with Crippen molar-refractivity contribution < 1.29 is 14.3 Å². The third-order valence-corrected chi connectivity index (χ3v) is 3.14. The summed E-state index contributed by atoms with van der Waals surface area (Å²) in [5, 5.41) is 4.58. The first-order chi connectivity index (χ1) is 10.3. The van der Waals surface area contributed by atoms with Crippen molar-refractivity contribution in [2.75, 3.05) is 6.54 Å². The number of nitrogens with one attached hydrogen (secondary N) is 1. The fourth-order valence-corrected chi connectivity index (χ4v) is 1.98. The summed E-state index contributed by atoms with van der Waals surface area (Å²) in [5.41, 5.74) is 1.43. The Morgan fingerprint density at radius 3 is 2.90 bits per heavy atom. The van der Waals surface area contributed by atoms with Crippen LogP contribution in [-0.2, 0) is 11.3 Å². The third kappa shape index (κ3) is 5.09. The van der Waals surface area contributed by atoms with Crippen molar-refractivity contribution in [2.45, 2.75) is 6.61 Å². The maximum Gasteiger partial charge on any atom is 0.408 e. The van der Waals surface area contributed by atoms with Crippen LogP contribution in [0.1, 0.15) is 21.1 Å². The normalized spacial score (nSPS) is 9.33. The van der Waals surface area contributed by atoms with E-state index >= 15 is 0 Å². The van der Waals surface area contributed by atoms with Gasteiger partial charge in [0.25, 0.3) is 0 Å². The van der Waals surface area contributed by atoms with Crippen LogP contribution < -0.4 is 5.32 Å². The number of benzene rings is 1. The van der Waals surface area contributed by atoms with Crippen molar-refractivity contribution in [2.24, 2.45) is 0 Å². The van der Waals surface area contributed by atoms with E-state index in [1.54, 1.807) is 5.38 Å². The van der Waals surface area contributed by atoms with Gasteiger partial charge >= 0.3 is 6.09 Å². The number of carbonyl (C=O) groups is 2. The lowest BCUT2D eigenvalue weighted by Crippen LogP contribution is -2.24. The Balaban J connectivity index is 1.71. The first-order valence-electron chi connectivity index (χ1n) is 6.12. The van der Waals surface area contributed by atoms with Gasteiger partial charge in [-0.15, -0.1) is 11.3 Å². The average Bonchev–Trinajstić information content (AvgIpc) is 2.98. The summed E-state index contributed by atoms with van der Waals surface area (Å²) in [6.45, 7) is 0.371. The molecule has 0 radical (unpaired) electrons. The van der Waals surface area contributed by atoms with Crippen LogP contribution in [0.15, 0.2) is 35.7 Å². The highest BCUT2D eigenvalue weighted by Gasteiger charge is 2.00. The monoisotopic (exact) mass is 300 g/mol. The Bertz CT molecular complexity index is 671. The maximum atomic E-state index is 11.4. The zero-order valence-corrected chi connectivity index (χ0v) is 11.9. The Morgan fingerprint density at radius 2 is 2.19 bits per heavy atom. The van der Waals surface area contributed by atoms with E-state index in [0.717, 1.165) is 5.56 Å². The summed E-state index contributed by atoms with van der Waals surface area (Å²) in [6.07, 6.45) is 0.148. The predicted molar refractivity (Wildman–Crippen MR) is 79.0 cm³/mol. The van der Waals surface area contributed by atoms with Gasteiger partial charge in [0.2, 0.25) is 0 Å². The van der Waals surface area contributed by atoms with E-state index in [2.05, 4.69) is 22.1 Å². The van der Waals surface area contributed by atoms with E-state index in [1.807, 2.05) is 30.3 Å². The third-order valence-electron chi connectivity index (χ3n) is 2.37. The highest BCUT2D eigenvalue weighted by Crippen LogP contribution is 2.05. The van der Waals surface area contributed by atoms with Crippen LogP contribution in [-0.4, -0.2) is 23.9 Å². The topological polar surface area (TPSA) is 68.3 Å². The molecule has 1 aromatic heterocycles.